The van der Waals surface area contributed by atoms with E-state index in [1.54, 1.807) is 18.2 Å². The minimum Gasteiger partial charge on any atom is -0.441 e. The van der Waals surface area contributed by atoms with Crippen LogP contribution in [0.3, 0.4) is 0 Å². The van der Waals surface area contributed by atoms with Gasteiger partial charge in [0.1, 0.15) is 5.75 Å². The second kappa shape index (κ2) is 5.71. The van der Waals surface area contributed by atoms with E-state index in [4.69, 9.17) is 4.74 Å². The molecule has 2 heterocycles. The van der Waals surface area contributed by atoms with Gasteiger partial charge in [-0.25, -0.2) is 0 Å². The molecule has 0 fully saturated rings. The average molecular weight is 301 g/mol. The van der Waals surface area contributed by atoms with E-state index >= 15 is 0 Å². The summed E-state index contributed by atoms with van der Waals surface area (Å²) in [5.74, 6) is 1.35. The first kappa shape index (κ1) is 14.4. The van der Waals surface area contributed by atoms with Gasteiger partial charge in [-0.2, -0.15) is 0 Å². The van der Waals surface area contributed by atoms with Crippen molar-refractivity contribution >= 4 is 11.8 Å². The molecule has 22 heavy (non-hydrogen) atoms. The number of benzene rings is 1. The van der Waals surface area contributed by atoms with Crippen molar-refractivity contribution < 1.29 is 14.3 Å². The largest absolute Gasteiger partial charge is 0.441 e. The van der Waals surface area contributed by atoms with Crippen LogP contribution in [-0.4, -0.2) is 25.0 Å². The van der Waals surface area contributed by atoms with Gasteiger partial charge >= 0.3 is 0 Å². The topological polar surface area (TPSA) is 79.5 Å². The fraction of sp³-hybridized carbons (Fsp3) is 0.375. The van der Waals surface area contributed by atoms with Crippen LogP contribution >= 0.6 is 0 Å². The zero-order chi connectivity index (χ0) is 15.7. The highest BCUT2D eigenvalue weighted by atomic mass is 16.5. The molecule has 0 atom stereocenters. The van der Waals surface area contributed by atoms with Crippen molar-refractivity contribution in [2.45, 2.75) is 20.3 Å². The Morgan fingerprint density at radius 3 is 2.95 bits per heavy atom. The maximum Gasteiger partial charge on any atom is 0.254 e. The number of amides is 2. The molecule has 0 aromatic heterocycles. The lowest BCUT2D eigenvalue weighted by atomic mass is 9.98. The van der Waals surface area contributed by atoms with Crippen molar-refractivity contribution in [1.82, 2.24) is 16.0 Å². The number of carbonyl (C=O) groups is 2. The molecule has 6 heteroatoms. The van der Waals surface area contributed by atoms with Crippen LogP contribution in [0, 0.1) is 5.92 Å². The Balaban J connectivity index is 1.81. The summed E-state index contributed by atoms with van der Waals surface area (Å²) < 4.78 is 5.72. The summed E-state index contributed by atoms with van der Waals surface area (Å²) in [6, 6.07) is 5.30. The number of carbonyl (C=O) groups excluding carboxylic acids is 2. The highest BCUT2D eigenvalue weighted by Gasteiger charge is 2.28. The molecule has 2 aliphatic heterocycles. The normalized spacial score (nSPS) is 16.2. The lowest BCUT2D eigenvalue weighted by Gasteiger charge is -2.27. The van der Waals surface area contributed by atoms with E-state index in [0.29, 0.717) is 48.3 Å². The molecule has 0 radical (unpaired) electrons. The summed E-state index contributed by atoms with van der Waals surface area (Å²) in [6.45, 7) is 5.09. The quantitative estimate of drug-likeness (QED) is 0.775. The standard InChI is InChI=1S/C16H19N3O3/c1-9(2)7-17-14(20)10-3-4-13-11(5-10)6-12-15(21)18-8-19-16(12)22-13/h3-5,9,19H,6-8H2,1-2H3,(H,17,20)(H,18,21). The molecular weight excluding hydrogens is 282 g/mol. The molecule has 0 unspecified atom stereocenters. The van der Waals surface area contributed by atoms with Crippen molar-refractivity contribution in [1.29, 1.82) is 0 Å². The van der Waals surface area contributed by atoms with E-state index in [0.717, 1.165) is 5.56 Å². The lowest BCUT2D eigenvalue weighted by molar-refractivity contribution is -0.118. The van der Waals surface area contributed by atoms with Crippen LogP contribution in [0.15, 0.2) is 29.7 Å². The van der Waals surface area contributed by atoms with Crippen LogP contribution in [0.5, 0.6) is 5.75 Å². The van der Waals surface area contributed by atoms with Crippen LogP contribution in [0.1, 0.15) is 29.8 Å². The van der Waals surface area contributed by atoms with Gasteiger partial charge in [-0.3, -0.25) is 9.59 Å². The number of nitrogens with one attached hydrogen (secondary N) is 3. The highest BCUT2D eigenvalue weighted by Crippen LogP contribution is 2.31. The Bertz CT molecular complexity index is 665. The average Bonchev–Trinajstić information content (AvgIpc) is 2.51. The molecule has 0 saturated heterocycles. The number of hydrogen-bond donors (Lipinski definition) is 3. The molecule has 0 saturated carbocycles. The fourth-order valence-electron chi connectivity index (χ4n) is 2.44. The second-order valence-electron chi connectivity index (χ2n) is 5.87. The van der Waals surface area contributed by atoms with E-state index in [1.807, 2.05) is 13.8 Å². The minimum absolute atomic E-state index is 0.109. The SMILES string of the molecule is CC(C)CNC(=O)c1ccc2c(c1)CC1=C(NCNC1=O)O2. The van der Waals surface area contributed by atoms with Gasteiger partial charge in [0.25, 0.3) is 11.8 Å². The molecular formula is C16H19N3O3. The Kier molecular flexibility index (Phi) is 3.75. The molecule has 0 aliphatic carbocycles. The van der Waals surface area contributed by atoms with E-state index in [2.05, 4.69) is 16.0 Å². The Hall–Kier alpha value is -2.50. The van der Waals surface area contributed by atoms with E-state index in [9.17, 15) is 9.59 Å². The Morgan fingerprint density at radius 2 is 2.18 bits per heavy atom. The van der Waals surface area contributed by atoms with E-state index in [1.165, 1.54) is 0 Å². The van der Waals surface area contributed by atoms with Crippen LogP contribution in [0.2, 0.25) is 0 Å². The minimum atomic E-state index is -0.130. The number of fused-ring (bicyclic) bond motifs is 1. The van der Waals surface area contributed by atoms with Crippen LogP contribution in [-0.2, 0) is 11.2 Å². The zero-order valence-electron chi connectivity index (χ0n) is 12.7. The first-order valence-corrected chi connectivity index (χ1v) is 7.39. The molecule has 0 spiro atoms. The molecule has 1 aromatic carbocycles. The molecule has 3 rings (SSSR count). The molecule has 2 amide bonds. The summed E-state index contributed by atoms with van der Waals surface area (Å²) in [6.07, 6.45) is 0.453. The van der Waals surface area contributed by atoms with Gasteiger partial charge in [0.2, 0.25) is 5.88 Å². The summed E-state index contributed by atoms with van der Waals surface area (Å²) >= 11 is 0. The van der Waals surface area contributed by atoms with Gasteiger partial charge in [-0.1, -0.05) is 13.8 Å². The van der Waals surface area contributed by atoms with E-state index < -0.39 is 0 Å². The molecule has 0 bridgehead atoms. The van der Waals surface area contributed by atoms with Crippen LogP contribution < -0.4 is 20.7 Å². The van der Waals surface area contributed by atoms with Gasteiger partial charge in [-0.15, -0.1) is 0 Å². The third-order valence-electron chi connectivity index (χ3n) is 3.62. The smallest absolute Gasteiger partial charge is 0.254 e. The first-order chi connectivity index (χ1) is 10.5. The van der Waals surface area contributed by atoms with Gasteiger partial charge in [0.05, 0.1) is 12.2 Å². The lowest BCUT2D eigenvalue weighted by Crippen LogP contribution is -2.44. The third kappa shape index (κ3) is 2.77. The second-order valence-corrected chi connectivity index (χ2v) is 5.87. The van der Waals surface area contributed by atoms with Crippen LogP contribution in [0.4, 0.5) is 0 Å². The first-order valence-electron chi connectivity index (χ1n) is 7.39. The van der Waals surface area contributed by atoms with Crippen molar-refractivity contribution in [3.05, 3.63) is 40.8 Å². The maximum atomic E-state index is 12.1. The third-order valence-corrected chi connectivity index (χ3v) is 3.62. The summed E-state index contributed by atoms with van der Waals surface area (Å²) in [7, 11) is 0. The summed E-state index contributed by atoms with van der Waals surface area (Å²) in [5.41, 5.74) is 1.99. The fourth-order valence-corrected chi connectivity index (χ4v) is 2.44. The Labute approximate surface area is 128 Å². The van der Waals surface area contributed by atoms with Gasteiger partial charge < -0.3 is 20.7 Å². The van der Waals surface area contributed by atoms with E-state index in [-0.39, 0.29) is 11.8 Å². The van der Waals surface area contributed by atoms with Gasteiger partial charge in [0, 0.05) is 24.1 Å². The molecule has 1 aromatic rings. The highest BCUT2D eigenvalue weighted by molar-refractivity contribution is 5.97. The molecule has 2 aliphatic rings. The summed E-state index contributed by atoms with van der Waals surface area (Å²) in [5, 5.41) is 8.61. The predicted octanol–water partition coefficient (Wildman–Crippen LogP) is 0.896. The monoisotopic (exact) mass is 301 g/mol. The van der Waals surface area contributed by atoms with Gasteiger partial charge in [-0.05, 0) is 24.1 Å². The molecule has 6 nitrogen and oxygen atoms in total. The van der Waals surface area contributed by atoms with Crippen molar-refractivity contribution in [3.8, 4) is 5.75 Å². The maximum absolute atomic E-state index is 12.1. The van der Waals surface area contributed by atoms with Crippen LogP contribution in [0.25, 0.3) is 0 Å². The van der Waals surface area contributed by atoms with Crippen molar-refractivity contribution in [2.75, 3.05) is 13.2 Å². The van der Waals surface area contributed by atoms with Crippen molar-refractivity contribution in [2.24, 2.45) is 5.92 Å². The summed E-state index contributed by atoms with van der Waals surface area (Å²) in [4.78, 5) is 24.0. The molecule has 3 N–H and O–H groups in total. The van der Waals surface area contributed by atoms with Gasteiger partial charge in [0.15, 0.2) is 0 Å². The number of rotatable bonds is 3. The Morgan fingerprint density at radius 1 is 1.36 bits per heavy atom. The number of hydrogen-bond acceptors (Lipinski definition) is 4. The number of ether oxygens (including phenoxy) is 1. The molecule has 116 valence electrons. The zero-order valence-corrected chi connectivity index (χ0v) is 12.7. The predicted molar refractivity (Wildman–Crippen MR) is 81.1 cm³/mol. The van der Waals surface area contributed by atoms with Crippen molar-refractivity contribution in [3.63, 3.8) is 0 Å².